The van der Waals surface area contributed by atoms with Gasteiger partial charge >= 0.3 is 0 Å². The molecule has 3 aromatic rings. The summed E-state index contributed by atoms with van der Waals surface area (Å²) in [6.07, 6.45) is 2.68. The third kappa shape index (κ3) is 3.72. The van der Waals surface area contributed by atoms with Crippen LogP contribution in [0.1, 0.15) is 36.4 Å². The number of fused-ring (bicyclic) bond motifs is 3. The number of hydrogen-bond donors (Lipinski definition) is 0. The normalized spacial score (nSPS) is 15.5. The van der Waals surface area contributed by atoms with Crippen molar-refractivity contribution >= 4 is 40.1 Å². The molecule has 1 aliphatic rings. The van der Waals surface area contributed by atoms with Crippen molar-refractivity contribution < 1.29 is 13.9 Å². The second kappa shape index (κ2) is 7.22. The molecule has 3 heterocycles. The maximum atomic E-state index is 5.98. The zero-order valence-electron chi connectivity index (χ0n) is 15.4. The highest BCUT2D eigenvalue weighted by Gasteiger charge is 2.32. The molecule has 0 fully saturated rings. The SMILES string of the molecule is CSc1nc(COC(=S)c2ccccc2)c2c3c(oc2n1)COC(C)(C)C3. The van der Waals surface area contributed by atoms with Crippen LogP contribution in [0.15, 0.2) is 39.9 Å². The van der Waals surface area contributed by atoms with Gasteiger partial charge in [0.25, 0.3) is 0 Å². The van der Waals surface area contributed by atoms with E-state index in [-0.39, 0.29) is 12.2 Å². The van der Waals surface area contributed by atoms with Gasteiger partial charge in [0.1, 0.15) is 19.0 Å². The van der Waals surface area contributed by atoms with Gasteiger partial charge in [-0.2, -0.15) is 4.98 Å². The van der Waals surface area contributed by atoms with Gasteiger partial charge in [-0.3, -0.25) is 0 Å². The molecule has 27 heavy (non-hydrogen) atoms. The summed E-state index contributed by atoms with van der Waals surface area (Å²) in [6.45, 7) is 4.86. The van der Waals surface area contributed by atoms with Crippen molar-refractivity contribution in [2.45, 2.75) is 44.2 Å². The Hall–Kier alpha value is -1.96. The summed E-state index contributed by atoms with van der Waals surface area (Å²) < 4.78 is 17.7. The van der Waals surface area contributed by atoms with E-state index in [9.17, 15) is 0 Å². The Morgan fingerprint density at radius 2 is 2.04 bits per heavy atom. The Kier molecular flexibility index (Phi) is 4.92. The Bertz CT molecular complexity index is 999. The van der Waals surface area contributed by atoms with E-state index in [1.807, 2.05) is 36.6 Å². The van der Waals surface area contributed by atoms with Crippen molar-refractivity contribution in [3.8, 4) is 0 Å². The number of thiocarbonyl (C=S) groups is 1. The largest absolute Gasteiger partial charge is 0.476 e. The number of nitrogens with zero attached hydrogens (tertiary/aromatic N) is 2. The molecule has 1 aliphatic heterocycles. The van der Waals surface area contributed by atoms with Crippen molar-refractivity contribution in [3.05, 3.63) is 52.9 Å². The van der Waals surface area contributed by atoms with Gasteiger partial charge in [-0.05, 0) is 32.3 Å². The molecule has 0 saturated carbocycles. The summed E-state index contributed by atoms with van der Waals surface area (Å²) in [5.74, 6) is 0.823. The number of thioether (sulfide) groups is 1. The molecule has 0 spiro atoms. The first-order valence-corrected chi connectivity index (χ1v) is 10.3. The van der Waals surface area contributed by atoms with Crippen LogP contribution in [0.3, 0.4) is 0 Å². The van der Waals surface area contributed by atoms with Gasteiger partial charge in [-0.25, -0.2) is 4.98 Å². The second-order valence-corrected chi connectivity index (χ2v) is 8.15. The van der Waals surface area contributed by atoms with Crippen molar-refractivity contribution in [3.63, 3.8) is 0 Å². The van der Waals surface area contributed by atoms with Crippen molar-refractivity contribution in [1.82, 2.24) is 9.97 Å². The number of benzene rings is 1. The zero-order chi connectivity index (χ0) is 19.0. The summed E-state index contributed by atoms with van der Waals surface area (Å²) in [5.41, 5.74) is 3.12. The van der Waals surface area contributed by atoms with Gasteiger partial charge in [0.2, 0.25) is 5.71 Å². The molecule has 0 N–H and O–H groups in total. The molecule has 5 nitrogen and oxygen atoms in total. The minimum Gasteiger partial charge on any atom is -0.476 e. The number of ether oxygens (including phenoxy) is 2. The molecule has 0 aliphatic carbocycles. The highest BCUT2D eigenvalue weighted by molar-refractivity contribution is 7.98. The third-order valence-electron chi connectivity index (χ3n) is 4.52. The molecule has 7 heteroatoms. The highest BCUT2D eigenvalue weighted by Crippen LogP contribution is 2.36. The van der Waals surface area contributed by atoms with Crippen LogP contribution in [0.2, 0.25) is 0 Å². The molecule has 140 valence electrons. The quantitative estimate of drug-likeness (QED) is 0.358. The molecule has 0 atom stereocenters. The Morgan fingerprint density at radius 3 is 2.78 bits per heavy atom. The molecule has 0 saturated heterocycles. The molecule has 0 bridgehead atoms. The van der Waals surface area contributed by atoms with E-state index < -0.39 is 0 Å². The molecule has 0 radical (unpaired) electrons. The van der Waals surface area contributed by atoms with E-state index in [1.54, 1.807) is 0 Å². The first-order valence-electron chi connectivity index (χ1n) is 8.68. The fourth-order valence-corrected chi connectivity index (χ4v) is 3.76. The van der Waals surface area contributed by atoms with Crippen LogP contribution >= 0.6 is 24.0 Å². The van der Waals surface area contributed by atoms with E-state index in [2.05, 4.69) is 23.8 Å². The topological polar surface area (TPSA) is 57.4 Å². The monoisotopic (exact) mass is 400 g/mol. The fraction of sp³-hybridized carbons (Fsp3) is 0.350. The van der Waals surface area contributed by atoms with E-state index in [1.165, 1.54) is 11.8 Å². The molecule has 0 amide bonds. The standard InChI is InChI=1S/C20H20N2O3S2/c1-20(2)9-13-15(11-24-20)25-17-16(13)14(21-19(22-17)27-3)10-23-18(26)12-7-5-4-6-8-12/h4-8H,9-11H2,1-3H3. The second-order valence-electron chi connectivity index (χ2n) is 7.01. The lowest BCUT2D eigenvalue weighted by atomic mass is 9.93. The minimum absolute atomic E-state index is 0.251. The summed E-state index contributed by atoms with van der Waals surface area (Å²) >= 11 is 6.90. The summed E-state index contributed by atoms with van der Waals surface area (Å²) in [6, 6.07) is 9.70. The van der Waals surface area contributed by atoms with E-state index in [4.69, 9.17) is 26.1 Å². The van der Waals surface area contributed by atoms with Gasteiger partial charge in [-0.1, -0.05) is 42.1 Å². The summed E-state index contributed by atoms with van der Waals surface area (Å²) in [4.78, 5) is 9.21. The average molecular weight is 401 g/mol. The number of rotatable bonds is 4. The van der Waals surface area contributed by atoms with Crippen molar-refractivity contribution in [2.24, 2.45) is 0 Å². The van der Waals surface area contributed by atoms with E-state index in [0.29, 0.717) is 22.5 Å². The molecule has 4 rings (SSSR count). The van der Waals surface area contributed by atoms with Crippen LogP contribution in [-0.2, 0) is 29.1 Å². The maximum absolute atomic E-state index is 5.98. The van der Waals surface area contributed by atoms with Crippen LogP contribution in [0.25, 0.3) is 11.1 Å². The lowest BCUT2D eigenvalue weighted by molar-refractivity contribution is -0.0477. The molecule has 1 aromatic carbocycles. The average Bonchev–Trinajstić information content (AvgIpc) is 3.03. The molecular weight excluding hydrogens is 380 g/mol. The number of furan rings is 1. The molecule has 2 aromatic heterocycles. The fourth-order valence-electron chi connectivity index (χ4n) is 3.19. The third-order valence-corrected chi connectivity index (χ3v) is 5.42. The maximum Gasteiger partial charge on any atom is 0.231 e. The first-order chi connectivity index (χ1) is 13.0. The molecule has 0 unspecified atom stereocenters. The lowest BCUT2D eigenvalue weighted by Crippen LogP contribution is -2.31. The van der Waals surface area contributed by atoms with Gasteiger partial charge in [0.05, 0.1) is 16.7 Å². The summed E-state index contributed by atoms with van der Waals surface area (Å²) in [5, 5.41) is 2.03. The zero-order valence-corrected chi connectivity index (χ0v) is 17.1. The van der Waals surface area contributed by atoms with Gasteiger partial charge in [0, 0.05) is 17.5 Å². The van der Waals surface area contributed by atoms with Crippen molar-refractivity contribution in [2.75, 3.05) is 6.26 Å². The van der Waals surface area contributed by atoms with E-state index >= 15 is 0 Å². The lowest BCUT2D eigenvalue weighted by Gasteiger charge is -2.29. The predicted molar refractivity (Wildman–Crippen MR) is 109 cm³/mol. The van der Waals surface area contributed by atoms with Crippen molar-refractivity contribution in [1.29, 1.82) is 0 Å². The Morgan fingerprint density at radius 1 is 1.26 bits per heavy atom. The van der Waals surface area contributed by atoms with Gasteiger partial charge in [-0.15, -0.1) is 0 Å². The number of aromatic nitrogens is 2. The predicted octanol–water partition coefficient (Wildman–Crippen LogP) is 4.69. The van der Waals surface area contributed by atoms with Crippen LogP contribution in [0.5, 0.6) is 0 Å². The summed E-state index contributed by atoms with van der Waals surface area (Å²) in [7, 11) is 0. The van der Waals surface area contributed by atoms with Crippen LogP contribution in [-0.4, -0.2) is 26.9 Å². The Balaban J connectivity index is 1.70. The van der Waals surface area contributed by atoms with Crippen LogP contribution in [0.4, 0.5) is 0 Å². The van der Waals surface area contributed by atoms with E-state index in [0.717, 1.165) is 34.4 Å². The van der Waals surface area contributed by atoms with Gasteiger partial charge < -0.3 is 13.9 Å². The molecular formula is C20H20N2O3S2. The smallest absolute Gasteiger partial charge is 0.231 e. The van der Waals surface area contributed by atoms with Crippen LogP contribution < -0.4 is 0 Å². The minimum atomic E-state index is -0.251. The van der Waals surface area contributed by atoms with Gasteiger partial charge in [0.15, 0.2) is 10.2 Å². The Labute approximate surface area is 167 Å². The highest BCUT2D eigenvalue weighted by atomic mass is 32.2. The number of hydrogen-bond acceptors (Lipinski definition) is 7. The van der Waals surface area contributed by atoms with Crippen LogP contribution in [0, 0.1) is 0 Å². The first kappa shape index (κ1) is 18.4.